The maximum Gasteiger partial charge on any atom is 0.573 e. The first-order chi connectivity index (χ1) is 17.3. The molecule has 0 saturated heterocycles. The highest BCUT2D eigenvalue weighted by atomic mass is 19.4. The van der Waals surface area contributed by atoms with Gasteiger partial charge in [-0.25, -0.2) is 4.98 Å². The molecule has 1 atom stereocenters. The first-order valence-electron chi connectivity index (χ1n) is 10.5. The number of fused-ring (bicyclic) bond motifs is 2. The summed E-state index contributed by atoms with van der Waals surface area (Å²) in [6.45, 7) is 0.0219. The molecule has 1 aromatic carbocycles. The quantitative estimate of drug-likeness (QED) is 0.362. The number of aromatic amines is 1. The molecule has 12 heteroatoms. The van der Waals surface area contributed by atoms with Gasteiger partial charge in [-0.1, -0.05) is 12.1 Å². The Hall–Kier alpha value is -4.61. The number of rotatable bonds is 4. The number of nitrogens with one attached hydrogen (secondary N) is 2. The van der Waals surface area contributed by atoms with Gasteiger partial charge in [-0.2, -0.15) is 0 Å². The number of benzene rings is 1. The zero-order chi connectivity index (χ0) is 25.8. The molecule has 4 heterocycles. The molecule has 9 nitrogen and oxygen atoms in total. The molecular weight excluding hydrogens is 481 g/mol. The van der Waals surface area contributed by atoms with Crippen LogP contribution >= 0.6 is 0 Å². The third kappa shape index (κ3) is 5.06. The van der Waals surface area contributed by atoms with Gasteiger partial charge in [0.05, 0.1) is 6.61 Å². The molecule has 1 aliphatic heterocycles. The number of H-pyrrole nitrogens is 1. The number of aromatic nitrogens is 3. The second kappa shape index (κ2) is 9.94. The molecule has 0 bridgehead atoms. The Kier molecular flexibility index (Phi) is 6.77. The number of alkyl halides is 3. The summed E-state index contributed by atoms with van der Waals surface area (Å²) >= 11 is 0. The maximum atomic E-state index is 13.3. The largest absolute Gasteiger partial charge is 0.573 e. The lowest BCUT2D eigenvalue weighted by Gasteiger charge is -2.38. The fourth-order valence-corrected chi connectivity index (χ4v) is 4.02. The van der Waals surface area contributed by atoms with E-state index in [0.29, 0.717) is 34.8 Å². The molecule has 186 valence electrons. The summed E-state index contributed by atoms with van der Waals surface area (Å²) in [4.78, 5) is 33.3. The van der Waals surface area contributed by atoms with Crippen molar-refractivity contribution in [3.63, 3.8) is 0 Å². The van der Waals surface area contributed by atoms with Crippen molar-refractivity contribution < 1.29 is 37.3 Å². The minimum atomic E-state index is -4.80. The lowest BCUT2D eigenvalue weighted by atomic mass is 9.81. The first kappa shape index (κ1) is 24.5. The molecule has 0 saturated carbocycles. The minimum Gasteiger partial charge on any atom is -0.491 e. The summed E-state index contributed by atoms with van der Waals surface area (Å²) in [7, 11) is 0. The van der Waals surface area contributed by atoms with E-state index in [1.807, 2.05) is 6.07 Å². The van der Waals surface area contributed by atoms with Crippen molar-refractivity contribution in [2.24, 2.45) is 0 Å². The van der Waals surface area contributed by atoms with Crippen LogP contribution in [-0.2, 0) is 10.3 Å². The summed E-state index contributed by atoms with van der Waals surface area (Å²) < 4.78 is 47.5. The van der Waals surface area contributed by atoms with E-state index >= 15 is 0 Å². The Morgan fingerprint density at radius 2 is 1.83 bits per heavy atom. The lowest BCUT2D eigenvalue weighted by Crippen LogP contribution is -2.50. The summed E-state index contributed by atoms with van der Waals surface area (Å²) in [6, 6.07) is 14.1. The van der Waals surface area contributed by atoms with E-state index in [9.17, 15) is 18.0 Å². The normalized spacial score (nSPS) is 16.6. The monoisotopic (exact) mass is 500 g/mol. The molecule has 1 unspecified atom stereocenters. The predicted molar refractivity (Wildman–Crippen MR) is 121 cm³/mol. The number of nitrogens with zero attached hydrogens (tertiary/aromatic N) is 2. The van der Waals surface area contributed by atoms with Crippen LogP contribution < -0.4 is 14.8 Å². The highest BCUT2D eigenvalue weighted by molar-refractivity contribution is 5.98. The third-order valence-corrected chi connectivity index (χ3v) is 5.45. The Labute approximate surface area is 201 Å². The van der Waals surface area contributed by atoms with Crippen LogP contribution in [-0.4, -0.2) is 45.4 Å². The standard InChI is InChI=1S/C23H17F3N4O3.CH2O2/c24-23(25,26)33-16-7-5-15(6-8-16)22(9-12-32-18-4-2-10-27-19(18)22)30-21(31)17-13-14-3-1-11-28-20(14)29-17;2-1-3/h1-8,10-11,13H,9,12H2,(H,28,29)(H,30,31);1H,(H,2,3). The fraction of sp³-hybridized carbons (Fsp3) is 0.167. The van der Waals surface area contributed by atoms with Crippen molar-refractivity contribution in [1.29, 1.82) is 0 Å². The zero-order valence-electron chi connectivity index (χ0n) is 18.5. The van der Waals surface area contributed by atoms with Crippen molar-refractivity contribution in [3.8, 4) is 11.5 Å². The Balaban J connectivity index is 0.000000967. The number of carboxylic acid groups (broad SMARTS) is 1. The van der Waals surface area contributed by atoms with Crippen molar-refractivity contribution in [1.82, 2.24) is 20.3 Å². The molecule has 0 aliphatic carbocycles. The number of hydrogen-bond acceptors (Lipinski definition) is 6. The molecule has 0 radical (unpaired) electrons. The summed E-state index contributed by atoms with van der Waals surface area (Å²) in [5.74, 6) is -0.289. The van der Waals surface area contributed by atoms with Gasteiger partial charge in [0.25, 0.3) is 12.4 Å². The maximum absolute atomic E-state index is 13.3. The van der Waals surface area contributed by atoms with E-state index in [2.05, 4.69) is 25.0 Å². The van der Waals surface area contributed by atoms with Gasteiger partial charge in [0, 0.05) is 24.2 Å². The smallest absolute Gasteiger partial charge is 0.491 e. The summed E-state index contributed by atoms with van der Waals surface area (Å²) in [5.41, 5.74) is 0.735. The molecule has 0 spiro atoms. The van der Waals surface area contributed by atoms with Crippen molar-refractivity contribution in [2.45, 2.75) is 18.3 Å². The second-order valence-electron chi connectivity index (χ2n) is 7.61. The van der Waals surface area contributed by atoms with Crippen molar-refractivity contribution in [2.75, 3.05) is 6.61 Å². The van der Waals surface area contributed by atoms with Gasteiger partial charge in [0.2, 0.25) is 0 Å². The topological polar surface area (TPSA) is 126 Å². The van der Waals surface area contributed by atoms with E-state index in [1.165, 1.54) is 24.3 Å². The summed E-state index contributed by atoms with van der Waals surface area (Å²) in [6.07, 6.45) is -1.29. The van der Waals surface area contributed by atoms with Crippen LogP contribution in [0, 0.1) is 0 Å². The Bertz CT molecular complexity index is 1340. The molecule has 1 aliphatic rings. The highest BCUT2D eigenvalue weighted by Gasteiger charge is 2.43. The van der Waals surface area contributed by atoms with Crippen LogP contribution in [0.15, 0.2) is 67.0 Å². The molecule has 4 aromatic rings. The Morgan fingerprint density at radius 1 is 1.14 bits per heavy atom. The number of halogens is 3. The lowest BCUT2D eigenvalue weighted by molar-refractivity contribution is -0.274. The van der Waals surface area contributed by atoms with Crippen LogP contribution in [0.25, 0.3) is 11.0 Å². The first-order valence-corrected chi connectivity index (χ1v) is 10.5. The number of hydrogen-bond donors (Lipinski definition) is 3. The van der Waals surface area contributed by atoms with E-state index in [-0.39, 0.29) is 18.8 Å². The van der Waals surface area contributed by atoms with Crippen LogP contribution in [0.3, 0.4) is 0 Å². The van der Waals surface area contributed by atoms with E-state index in [4.69, 9.17) is 14.6 Å². The SMILES string of the molecule is O=C(NC1(c2ccc(OC(F)(F)F)cc2)CCOc2cccnc21)c1cc2cccnc2[nH]1.O=CO. The van der Waals surface area contributed by atoms with Gasteiger partial charge in [0.15, 0.2) is 0 Å². The number of ether oxygens (including phenoxy) is 2. The van der Waals surface area contributed by atoms with E-state index in [0.717, 1.165) is 5.39 Å². The van der Waals surface area contributed by atoms with Crippen LogP contribution in [0.5, 0.6) is 11.5 Å². The second-order valence-corrected chi connectivity index (χ2v) is 7.61. The molecule has 5 rings (SSSR count). The highest BCUT2D eigenvalue weighted by Crippen LogP contribution is 2.41. The Morgan fingerprint density at radius 3 is 2.53 bits per heavy atom. The van der Waals surface area contributed by atoms with Crippen molar-refractivity contribution in [3.05, 3.63) is 83.9 Å². The fourth-order valence-electron chi connectivity index (χ4n) is 4.02. The third-order valence-electron chi connectivity index (χ3n) is 5.45. The molecule has 3 aromatic heterocycles. The molecular formula is C24H19F3N4O5. The van der Waals surface area contributed by atoms with E-state index < -0.39 is 17.8 Å². The number of amides is 1. The molecule has 0 fully saturated rings. The number of carbonyl (C=O) groups is 2. The van der Waals surface area contributed by atoms with Crippen LogP contribution in [0.1, 0.15) is 28.2 Å². The average molecular weight is 500 g/mol. The minimum absolute atomic E-state index is 0.250. The summed E-state index contributed by atoms with van der Waals surface area (Å²) in [5, 5.41) is 10.7. The van der Waals surface area contributed by atoms with E-state index in [1.54, 1.807) is 36.7 Å². The van der Waals surface area contributed by atoms with Crippen molar-refractivity contribution >= 4 is 23.4 Å². The van der Waals surface area contributed by atoms with Gasteiger partial charge < -0.3 is 24.9 Å². The van der Waals surface area contributed by atoms with Gasteiger partial charge in [0.1, 0.15) is 34.1 Å². The van der Waals surface area contributed by atoms with Gasteiger partial charge in [-0.15, -0.1) is 13.2 Å². The average Bonchev–Trinajstić information content (AvgIpc) is 3.29. The van der Waals surface area contributed by atoms with Gasteiger partial charge >= 0.3 is 6.36 Å². The number of carbonyl (C=O) groups excluding carboxylic acids is 1. The number of pyridine rings is 2. The molecule has 36 heavy (non-hydrogen) atoms. The predicted octanol–water partition coefficient (Wildman–Crippen LogP) is 4.01. The van der Waals surface area contributed by atoms with Gasteiger partial charge in [-0.3, -0.25) is 14.6 Å². The molecule has 1 amide bonds. The van der Waals surface area contributed by atoms with Crippen LogP contribution in [0.2, 0.25) is 0 Å². The van der Waals surface area contributed by atoms with Crippen LogP contribution in [0.4, 0.5) is 13.2 Å². The van der Waals surface area contributed by atoms with Gasteiger partial charge in [-0.05, 0) is 48.0 Å². The zero-order valence-corrected chi connectivity index (χ0v) is 18.5. The molecule has 3 N–H and O–H groups in total.